The Balaban J connectivity index is 1.50. The number of halogens is 3. The number of aryl methyl sites for hydroxylation is 2. The molecule has 220 valence electrons. The average Bonchev–Trinajstić information content (AvgIpc) is 3.50. The molecule has 0 radical (unpaired) electrons. The highest BCUT2D eigenvalue weighted by molar-refractivity contribution is 6.03. The lowest BCUT2D eigenvalue weighted by atomic mass is 9.78. The van der Waals surface area contributed by atoms with Gasteiger partial charge in [0.2, 0.25) is 5.62 Å². The highest BCUT2D eigenvalue weighted by atomic mass is 19.4. The molecule has 1 atom stereocenters. The molecule has 0 saturated heterocycles. The molecule has 1 amide bonds. The number of benzene rings is 1. The number of ketones is 1. The monoisotopic (exact) mass is 574 g/mol. The zero-order chi connectivity index (χ0) is 29.5. The largest absolute Gasteiger partial charge is 0.491 e. The van der Waals surface area contributed by atoms with Gasteiger partial charge in [0, 0.05) is 49.4 Å². The second-order valence-corrected chi connectivity index (χ2v) is 10.9. The predicted octanol–water partition coefficient (Wildman–Crippen LogP) is 4.66. The Labute approximate surface area is 234 Å². The number of nitrogens with zero attached hydrogens (tertiary/aromatic N) is 4. The summed E-state index contributed by atoms with van der Waals surface area (Å²) in [5, 5.41) is 23.5. The number of amides is 1. The van der Waals surface area contributed by atoms with Gasteiger partial charge in [-0.1, -0.05) is 0 Å². The van der Waals surface area contributed by atoms with Crippen molar-refractivity contribution in [2.45, 2.75) is 64.3 Å². The van der Waals surface area contributed by atoms with Crippen molar-refractivity contribution >= 4 is 11.9 Å². The summed E-state index contributed by atoms with van der Waals surface area (Å²) in [5.74, 6) is -0.305. The lowest BCUT2D eigenvalue weighted by Gasteiger charge is -2.32. The third-order valence-corrected chi connectivity index (χ3v) is 8.08. The van der Waals surface area contributed by atoms with E-state index in [1.807, 2.05) is 0 Å². The molecule has 1 saturated carbocycles. The zero-order valence-corrected chi connectivity index (χ0v) is 22.9. The molecular formula is C28H33F3N6O4. The Bertz CT molecular complexity index is 1510. The number of hydrogen-bond acceptors (Lipinski definition) is 5. The van der Waals surface area contributed by atoms with E-state index in [1.54, 1.807) is 47.6 Å². The fourth-order valence-electron chi connectivity index (χ4n) is 5.93. The number of ether oxygens (including phenoxy) is 1. The van der Waals surface area contributed by atoms with E-state index in [0.717, 1.165) is 12.8 Å². The summed E-state index contributed by atoms with van der Waals surface area (Å²) in [6, 6.07) is 3.16. The molecule has 13 heteroatoms. The minimum Gasteiger partial charge on any atom is -0.491 e. The number of carbonyl (C=O) groups excluding carboxylic acids is 1. The van der Waals surface area contributed by atoms with Crippen LogP contribution >= 0.6 is 0 Å². The summed E-state index contributed by atoms with van der Waals surface area (Å²) < 4.78 is 52.7. The van der Waals surface area contributed by atoms with E-state index in [-0.39, 0.29) is 65.5 Å². The number of nitrogens with one attached hydrogen (secondary N) is 2. The summed E-state index contributed by atoms with van der Waals surface area (Å²) >= 11 is 0. The maximum absolute atomic E-state index is 14.1. The van der Waals surface area contributed by atoms with Gasteiger partial charge in [0.05, 0.1) is 24.6 Å². The Hall–Kier alpha value is -4.03. The van der Waals surface area contributed by atoms with Gasteiger partial charge in [-0.2, -0.15) is 18.3 Å². The lowest BCUT2D eigenvalue weighted by Crippen LogP contribution is -2.37. The number of carbonyl (C=O) groups is 2. The quantitative estimate of drug-likeness (QED) is 0.378. The van der Waals surface area contributed by atoms with Gasteiger partial charge >= 0.3 is 12.3 Å². The molecule has 1 aromatic carbocycles. The lowest BCUT2D eigenvalue weighted by molar-refractivity contribution is -0.141. The molecule has 0 bridgehead atoms. The van der Waals surface area contributed by atoms with Crippen LogP contribution in [0.3, 0.4) is 0 Å². The van der Waals surface area contributed by atoms with Crippen LogP contribution in [0, 0.1) is 17.2 Å². The number of rotatable bonds is 7. The predicted molar refractivity (Wildman–Crippen MR) is 142 cm³/mol. The molecule has 0 spiro atoms. The zero-order valence-electron chi connectivity index (χ0n) is 22.9. The first kappa shape index (κ1) is 28.5. The number of hydrogen-bond donors (Lipinski definition) is 3. The van der Waals surface area contributed by atoms with Crippen molar-refractivity contribution < 1.29 is 32.6 Å². The molecule has 3 aromatic rings. The van der Waals surface area contributed by atoms with Crippen LogP contribution in [-0.2, 0) is 26.3 Å². The van der Waals surface area contributed by atoms with Gasteiger partial charge in [-0.25, -0.2) is 4.79 Å². The van der Waals surface area contributed by atoms with Gasteiger partial charge in [0.25, 0.3) is 0 Å². The summed E-state index contributed by atoms with van der Waals surface area (Å²) in [6.07, 6.45) is 2.47. The Morgan fingerprint density at radius 2 is 1.88 bits per heavy atom. The van der Waals surface area contributed by atoms with Crippen LogP contribution in [0.5, 0.6) is 5.75 Å². The standard InChI is InChI=1S/C28H33F3N6O4/c1-3-37-14-22(25(34-37)28(29,30)31)20-11-17(13-36-9-8-35(2)26(36)32)12-21-23(38)18(15-41-24(20)21)10-16-4-6-19(7-5-16)33-27(39)40/h8-9,11-12,14,16,18-19,32-33H,3-7,10,13,15H2,1-2H3,(H,39,40)/t16?,18-,19?/m0/s1. The molecule has 3 N–H and O–H groups in total. The summed E-state index contributed by atoms with van der Waals surface area (Å²) in [5.41, 5.74) is -0.0458. The molecule has 0 unspecified atom stereocenters. The van der Waals surface area contributed by atoms with Crippen LogP contribution < -0.4 is 15.7 Å². The molecule has 41 heavy (non-hydrogen) atoms. The molecule has 1 aliphatic carbocycles. The van der Waals surface area contributed by atoms with E-state index in [2.05, 4.69) is 10.4 Å². The van der Waals surface area contributed by atoms with E-state index in [0.29, 0.717) is 24.8 Å². The van der Waals surface area contributed by atoms with Crippen molar-refractivity contribution in [2.24, 2.45) is 18.9 Å². The second-order valence-electron chi connectivity index (χ2n) is 10.9. The Morgan fingerprint density at radius 3 is 2.49 bits per heavy atom. The number of imidazole rings is 1. The van der Waals surface area contributed by atoms with Crippen molar-refractivity contribution in [3.8, 4) is 16.9 Å². The molecule has 1 fully saturated rings. The Kier molecular flexibility index (Phi) is 7.71. The van der Waals surface area contributed by atoms with Crippen LogP contribution in [-0.4, -0.2) is 48.5 Å². The van der Waals surface area contributed by atoms with Crippen LogP contribution in [0.2, 0.25) is 0 Å². The highest BCUT2D eigenvalue weighted by Gasteiger charge is 2.40. The van der Waals surface area contributed by atoms with Crippen LogP contribution in [0.4, 0.5) is 18.0 Å². The summed E-state index contributed by atoms with van der Waals surface area (Å²) in [7, 11) is 1.72. The number of carboxylic acid groups (broad SMARTS) is 1. The molecule has 10 nitrogen and oxygen atoms in total. The maximum Gasteiger partial charge on any atom is 0.435 e. The fraction of sp³-hybridized carbons (Fsp3) is 0.500. The first-order chi connectivity index (χ1) is 19.4. The average molecular weight is 575 g/mol. The van der Waals surface area contributed by atoms with Crippen molar-refractivity contribution in [3.05, 3.63) is 53.2 Å². The molecule has 1 aliphatic heterocycles. The normalized spacial score (nSPS) is 20.9. The van der Waals surface area contributed by atoms with Gasteiger partial charge in [-0.15, -0.1) is 0 Å². The van der Waals surface area contributed by atoms with Gasteiger partial charge in [-0.3, -0.25) is 14.9 Å². The van der Waals surface area contributed by atoms with E-state index in [4.69, 9.17) is 15.3 Å². The molecule has 3 heterocycles. The van der Waals surface area contributed by atoms with Crippen LogP contribution in [0.25, 0.3) is 11.1 Å². The first-order valence-corrected chi connectivity index (χ1v) is 13.7. The van der Waals surface area contributed by atoms with Crippen molar-refractivity contribution in [1.29, 1.82) is 5.41 Å². The van der Waals surface area contributed by atoms with Crippen LogP contribution in [0.15, 0.2) is 30.7 Å². The topological polar surface area (TPSA) is 127 Å². The van der Waals surface area contributed by atoms with Gasteiger partial charge in [-0.05, 0) is 62.6 Å². The number of Topliss-reactive ketones (excluding diaryl/α,β-unsaturated/α-hetero) is 1. The minimum absolute atomic E-state index is 0.0546. The Morgan fingerprint density at radius 1 is 1.17 bits per heavy atom. The summed E-state index contributed by atoms with van der Waals surface area (Å²) in [6.45, 7) is 2.17. The number of fused-ring (bicyclic) bond motifs is 1. The SMILES string of the molecule is CCn1cc(-c2cc(Cn3ccn(C)c3=N)cc3c2OC[C@H](CC2CCC(NC(=O)O)CC2)C3=O)c(C(F)(F)F)n1. The van der Waals surface area contributed by atoms with Gasteiger partial charge in [0.1, 0.15) is 5.75 Å². The minimum atomic E-state index is -4.71. The molecule has 2 aromatic heterocycles. The number of aromatic nitrogens is 4. The van der Waals surface area contributed by atoms with Crippen molar-refractivity contribution in [2.75, 3.05) is 6.61 Å². The van der Waals surface area contributed by atoms with Crippen molar-refractivity contribution in [1.82, 2.24) is 24.2 Å². The summed E-state index contributed by atoms with van der Waals surface area (Å²) in [4.78, 5) is 24.8. The number of alkyl halides is 3. The van der Waals surface area contributed by atoms with E-state index >= 15 is 0 Å². The molecule has 5 rings (SSSR count). The van der Waals surface area contributed by atoms with Gasteiger partial charge < -0.3 is 24.3 Å². The molecule has 2 aliphatic rings. The van der Waals surface area contributed by atoms with E-state index < -0.39 is 23.9 Å². The third-order valence-electron chi connectivity index (χ3n) is 8.08. The molecular weight excluding hydrogens is 541 g/mol. The van der Waals surface area contributed by atoms with Gasteiger partial charge in [0.15, 0.2) is 11.5 Å². The second kappa shape index (κ2) is 11.1. The maximum atomic E-state index is 14.1. The van der Waals surface area contributed by atoms with E-state index in [1.165, 1.54) is 10.9 Å². The van der Waals surface area contributed by atoms with Crippen LogP contribution in [0.1, 0.15) is 60.6 Å². The smallest absolute Gasteiger partial charge is 0.435 e. The fourth-order valence-corrected chi connectivity index (χ4v) is 5.93. The first-order valence-electron chi connectivity index (χ1n) is 13.7. The highest BCUT2D eigenvalue weighted by Crippen LogP contribution is 2.44. The van der Waals surface area contributed by atoms with Crippen molar-refractivity contribution in [3.63, 3.8) is 0 Å². The van der Waals surface area contributed by atoms with E-state index in [9.17, 15) is 22.8 Å². The third kappa shape index (κ3) is 5.89.